The van der Waals surface area contributed by atoms with Gasteiger partial charge in [-0.05, 0) is 19.3 Å². The number of carboxylic acids is 1. The SMILES string of the molecule is O=C(O)C1CCCc2sc(NCCc3ncon3)nc21. The smallest absolute Gasteiger partial charge is 0.312 e. The molecule has 106 valence electrons. The van der Waals surface area contributed by atoms with E-state index in [2.05, 4.69) is 25.0 Å². The fraction of sp³-hybridized carbons (Fsp3) is 0.500. The molecule has 0 radical (unpaired) electrons. The van der Waals surface area contributed by atoms with Crippen molar-refractivity contribution in [2.75, 3.05) is 11.9 Å². The van der Waals surface area contributed by atoms with Crippen LogP contribution in [0.5, 0.6) is 0 Å². The summed E-state index contributed by atoms with van der Waals surface area (Å²) in [5, 5.41) is 16.9. The summed E-state index contributed by atoms with van der Waals surface area (Å²) in [7, 11) is 0. The molecule has 1 aliphatic carbocycles. The van der Waals surface area contributed by atoms with Crippen LogP contribution in [-0.2, 0) is 17.6 Å². The van der Waals surface area contributed by atoms with Crippen LogP contribution >= 0.6 is 11.3 Å². The summed E-state index contributed by atoms with van der Waals surface area (Å²) in [4.78, 5) is 20.7. The number of aliphatic carboxylic acids is 1. The number of anilines is 1. The predicted octanol–water partition coefficient (Wildman–Crippen LogP) is 1.69. The molecule has 3 rings (SSSR count). The highest BCUT2D eigenvalue weighted by Gasteiger charge is 2.29. The van der Waals surface area contributed by atoms with Gasteiger partial charge in [-0.1, -0.05) is 5.16 Å². The molecule has 0 aromatic carbocycles. The number of nitrogens with zero attached hydrogens (tertiary/aromatic N) is 3. The summed E-state index contributed by atoms with van der Waals surface area (Å²) >= 11 is 1.54. The Hall–Kier alpha value is -1.96. The Balaban J connectivity index is 1.65. The van der Waals surface area contributed by atoms with Crippen molar-refractivity contribution in [1.29, 1.82) is 0 Å². The molecule has 7 nitrogen and oxygen atoms in total. The Labute approximate surface area is 119 Å². The molecule has 1 aliphatic rings. The zero-order valence-corrected chi connectivity index (χ0v) is 11.5. The second-order valence-corrected chi connectivity index (χ2v) is 5.72. The minimum absolute atomic E-state index is 0.456. The molecule has 0 saturated carbocycles. The first-order chi connectivity index (χ1) is 9.74. The van der Waals surface area contributed by atoms with Crippen molar-refractivity contribution < 1.29 is 14.4 Å². The highest BCUT2D eigenvalue weighted by molar-refractivity contribution is 7.15. The molecule has 0 aliphatic heterocycles. The number of aryl methyl sites for hydroxylation is 1. The number of aromatic nitrogens is 3. The third kappa shape index (κ3) is 2.64. The van der Waals surface area contributed by atoms with Crippen LogP contribution in [0.1, 0.15) is 35.2 Å². The van der Waals surface area contributed by atoms with Gasteiger partial charge in [0.15, 0.2) is 11.0 Å². The van der Waals surface area contributed by atoms with E-state index >= 15 is 0 Å². The minimum atomic E-state index is -0.783. The number of carbonyl (C=O) groups is 1. The van der Waals surface area contributed by atoms with E-state index in [1.807, 2.05) is 0 Å². The van der Waals surface area contributed by atoms with Crippen molar-refractivity contribution in [1.82, 2.24) is 15.1 Å². The molecule has 2 heterocycles. The summed E-state index contributed by atoms with van der Waals surface area (Å²) in [5.41, 5.74) is 0.732. The second-order valence-electron chi connectivity index (χ2n) is 4.63. The number of fused-ring (bicyclic) bond motifs is 1. The Morgan fingerprint density at radius 1 is 1.60 bits per heavy atom. The Kier molecular flexibility index (Phi) is 3.64. The average Bonchev–Trinajstić information content (AvgIpc) is 3.06. The molecular weight excluding hydrogens is 280 g/mol. The van der Waals surface area contributed by atoms with E-state index in [1.54, 1.807) is 11.3 Å². The van der Waals surface area contributed by atoms with Crippen LogP contribution in [0.2, 0.25) is 0 Å². The number of thiazole rings is 1. The number of nitrogens with one attached hydrogen (secondary N) is 1. The van der Waals surface area contributed by atoms with Gasteiger partial charge in [0.25, 0.3) is 0 Å². The van der Waals surface area contributed by atoms with E-state index in [1.165, 1.54) is 6.39 Å². The zero-order valence-electron chi connectivity index (χ0n) is 10.7. The monoisotopic (exact) mass is 294 g/mol. The summed E-state index contributed by atoms with van der Waals surface area (Å²) in [6, 6.07) is 0. The highest BCUT2D eigenvalue weighted by atomic mass is 32.1. The van der Waals surface area contributed by atoms with Gasteiger partial charge < -0.3 is 14.9 Å². The summed E-state index contributed by atoms with van der Waals surface area (Å²) in [6.07, 6.45) is 4.45. The van der Waals surface area contributed by atoms with Gasteiger partial charge in [-0.25, -0.2) is 4.98 Å². The van der Waals surface area contributed by atoms with Gasteiger partial charge in [0.05, 0.1) is 5.69 Å². The van der Waals surface area contributed by atoms with Crippen LogP contribution in [0.25, 0.3) is 0 Å². The maximum atomic E-state index is 11.2. The topological polar surface area (TPSA) is 101 Å². The molecular formula is C12H14N4O3S. The summed E-state index contributed by atoms with van der Waals surface area (Å²) < 4.78 is 4.66. The van der Waals surface area contributed by atoms with Gasteiger partial charge in [-0.3, -0.25) is 4.79 Å². The van der Waals surface area contributed by atoms with Crippen molar-refractivity contribution in [2.45, 2.75) is 31.6 Å². The molecule has 20 heavy (non-hydrogen) atoms. The molecule has 2 N–H and O–H groups in total. The van der Waals surface area contributed by atoms with Crippen molar-refractivity contribution in [3.63, 3.8) is 0 Å². The third-order valence-electron chi connectivity index (χ3n) is 3.28. The average molecular weight is 294 g/mol. The summed E-state index contributed by atoms with van der Waals surface area (Å²) in [5.74, 6) is -0.598. The number of hydrogen-bond acceptors (Lipinski definition) is 7. The number of carboxylic acid groups (broad SMARTS) is 1. The lowest BCUT2D eigenvalue weighted by Crippen LogP contribution is -2.17. The first-order valence-electron chi connectivity index (χ1n) is 6.45. The van der Waals surface area contributed by atoms with E-state index in [9.17, 15) is 9.90 Å². The van der Waals surface area contributed by atoms with Crippen LogP contribution in [-0.4, -0.2) is 32.7 Å². The second kappa shape index (κ2) is 5.58. The number of rotatable bonds is 5. The lowest BCUT2D eigenvalue weighted by atomic mass is 9.91. The molecule has 0 bridgehead atoms. The maximum absolute atomic E-state index is 11.2. The van der Waals surface area contributed by atoms with Crippen LogP contribution in [0.15, 0.2) is 10.9 Å². The summed E-state index contributed by atoms with van der Waals surface area (Å²) in [6.45, 7) is 0.643. The van der Waals surface area contributed by atoms with Crippen molar-refractivity contribution in [3.05, 3.63) is 22.8 Å². The molecule has 1 unspecified atom stereocenters. The Bertz CT molecular complexity index is 596. The Morgan fingerprint density at radius 2 is 2.50 bits per heavy atom. The van der Waals surface area contributed by atoms with Gasteiger partial charge in [-0.15, -0.1) is 11.3 Å². The van der Waals surface area contributed by atoms with Gasteiger partial charge in [0.2, 0.25) is 6.39 Å². The van der Waals surface area contributed by atoms with Gasteiger partial charge in [0.1, 0.15) is 5.92 Å². The van der Waals surface area contributed by atoms with E-state index < -0.39 is 11.9 Å². The lowest BCUT2D eigenvalue weighted by Gasteiger charge is -2.16. The molecule has 0 amide bonds. The first-order valence-corrected chi connectivity index (χ1v) is 7.27. The highest BCUT2D eigenvalue weighted by Crippen LogP contribution is 2.36. The largest absolute Gasteiger partial charge is 0.481 e. The standard InChI is InChI=1S/C12H14N4O3S/c17-11(18)7-2-1-3-8-10(7)15-12(20-8)13-5-4-9-14-6-19-16-9/h6-7H,1-5H2,(H,13,15)(H,17,18). The van der Waals surface area contributed by atoms with Crippen molar-refractivity contribution in [2.24, 2.45) is 0 Å². The van der Waals surface area contributed by atoms with Crippen LogP contribution < -0.4 is 5.32 Å². The molecule has 8 heteroatoms. The fourth-order valence-electron chi connectivity index (χ4n) is 2.32. The van der Waals surface area contributed by atoms with Gasteiger partial charge in [-0.2, -0.15) is 4.98 Å². The quantitative estimate of drug-likeness (QED) is 0.865. The molecule has 1 atom stereocenters. The fourth-order valence-corrected chi connectivity index (χ4v) is 3.41. The Morgan fingerprint density at radius 3 is 3.25 bits per heavy atom. The molecule has 0 saturated heterocycles. The normalized spacial score (nSPS) is 17.7. The molecule has 2 aromatic rings. The van der Waals surface area contributed by atoms with Gasteiger partial charge in [0, 0.05) is 17.8 Å². The van der Waals surface area contributed by atoms with Crippen LogP contribution in [0, 0.1) is 0 Å². The van der Waals surface area contributed by atoms with Crippen LogP contribution in [0.4, 0.5) is 5.13 Å². The maximum Gasteiger partial charge on any atom is 0.312 e. The van der Waals surface area contributed by atoms with Crippen molar-refractivity contribution >= 4 is 22.4 Å². The van der Waals surface area contributed by atoms with E-state index in [0.717, 1.165) is 28.5 Å². The van der Waals surface area contributed by atoms with Gasteiger partial charge >= 0.3 is 5.97 Å². The molecule has 2 aromatic heterocycles. The zero-order chi connectivity index (χ0) is 13.9. The van der Waals surface area contributed by atoms with Crippen LogP contribution in [0.3, 0.4) is 0 Å². The van der Waals surface area contributed by atoms with E-state index in [4.69, 9.17) is 0 Å². The lowest BCUT2D eigenvalue weighted by molar-refractivity contribution is -0.139. The third-order valence-corrected chi connectivity index (χ3v) is 4.37. The molecule has 0 fully saturated rings. The molecule has 0 spiro atoms. The number of hydrogen-bond donors (Lipinski definition) is 2. The van der Waals surface area contributed by atoms with E-state index in [0.29, 0.717) is 25.2 Å². The van der Waals surface area contributed by atoms with Crippen molar-refractivity contribution in [3.8, 4) is 0 Å². The predicted molar refractivity (Wildman–Crippen MR) is 71.9 cm³/mol. The first kappa shape index (κ1) is 13.0. The minimum Gasteiger partial charge on any atom is -0.481 e. The van der Waals surface area contributed by atoms with E-state index in [-0.39, 0.29) is 0 Å².